The summed E-state index contributed by atoms with van der Waals surface area (Å²) in [5.74, 6) is 0.387. The smallest absolute Gasteiger partial charge is 0.244 e. The summed E-state index contributed by atoms with van der Waals surface area (Å²) in [6.07, 6.45) is 0.989. The highest BCUT2D eigenvalue weighted by molar-refractivity contribution is 7.10. The first-order valence-corrected chi connectivity index (χ1v) is 8.73. The average molecular weight is 341 g/mol. The van der Waals surface area contributed by atoms with Crippen molar-refractivity contribution in [2.45, 2.75) is 32.9 Å². The summed E-state index contributed by atoms with van der Waals surface area (Å²) in [4.78, 5) is 14.5. The first-order valence-electron chi connectivity index (χ1n) is 7.85. The third kappa shape index (κ3) is 3.86. The molecule has 3 aromatic rings. The highest BCUT2D eigenvalue weighted by atomic mass is 32.1. The molecule has 0 aliphatic rings. The molecule has 2 heterocycles. The molecule has 6 nitrogen and oxygen atoms in total. The molecule has 0 radical (unpaired) electrons. The number of hydrogen-bond acceptors (Lipinski definition) is 5. The van der Waals surface area contributed by atoms with Gasteiger partial charge >= 0.3 is 0 Å². The lowest BCUT2D eigenvalue weighted by molar-refractivity contribution is -0.122. The van der Waals surface area contributed by atoms with Crippen molar-refractivity contribution in [2.75, 3.05) is 0 Å². The number of hydrogen-bond donors (Lipinski definition) is 1. The van der Waals surface area contributed by atoms with E-state index in [1.165, 1.54) is 10.4 Å². The number of benzene rings is 1. The third-order valence-electron chi connectivity index (χ3n) is 3.71. The van der Waals surface area contributed by atoms with Gasteiger partial charge in [-0.3, -0.25) is 4.79 Å². The molecule has 1 amide bonds. The van der Waals surface area contributed by atoms with E-state index in [1.54, 1.807) is 11.3 Å². The lowest BCUT2D eigenvalue weighted by Gasteiger charge is -2.11. The van der Waals surface area contributed by atoms with Crippen molar-refractivity contribution < 1.29 is 4.79 Å². The van der Waals surface area contributed by atoms with Crippen LogP contribution in [0.3, 0.4) is 0 Å². The van der Waals surface area contributed by atoms with Crippen LogP contribution in [0.4, 0.5) is 0 Å². The largest absolute Gasteiger partial charge is 0.347 e. The standard InChI is InChI=1S/C17H19N5OS/c1-3-13-6-8-14(9-7-13)17-19-21-22(20-17)11-16(23)18-12(2)15-5-4-10-24-15/h4-10,12H,3,11H2,1-2H3,(H,18,23)/t12-/m1/s1. The zero-order chi connectivity index (χ0) is 16.9. The van der Waals surface area contributed by atoms with Crippen LogP contribution in [0.25, 0.3) is 11.4 Å². The van der Waals surface area contributed by atoms with Gasteiger partial charge in [0.05, 0.1) is 6.04 Å². The fraction of sp³-hybridized carbons (Fsp3) is 0.294. The molecule has 1 atom stereocenters. The second kappa shape index (κ2) is 7.35. The molecule has 0 spiro atoms. The van der Waals surface area contributed by atoms with Crippen molar-refractivity contribution in [1.82, 2.24) is 25.5 Å². The molecule has 124 valence electrons. The molecule has 1 aromatic carbocycles. The molecule has 1 N–H and O–H groups in total. The van der Waals surface area contributed by atoms with Crippen LogP contribution in [0.2, 0.25) is 0 Å². The number of tetrazole rings is 1. The first-order chi connectivity index (χ1) is 11.7. The second-order valence-corrected chi connectivity index (χ2v) is 6.48. The molecule has 0 bridgehead atoms. The van der Waals surface area contributed by atoms with E-state index in [0.29, 0.717) is 5.82 Å². The van der Waals surface area contributed by atoms with Gasteiger partial charge < -0.3 is 5.32 Å². The summed E-state index contributed by atoms with van der Waals surface area (Å²) in [6, 6.07) is 12.0. The van der Waals surface area contributed by atoms with Crippen LogP contribution >= 0.6 is 11.3 Å². The number of carbonyl (C=O) groups is 1. The van der Waals surface area contributed by atoms with E-state index in [9.17, 15) is 4.79 Å². The number of amides is 1. The maximum absolute atomic E-state index is 12.1. The molecule has 0 fully saturated rings. The summed E-state index contributed by atoms with van der Waals surface area (Å²) >= 11 is 1.62. The van der Waals surface area contributed by atoms with Gasteiger partial charge in [-0.15, -0.1) is 21.5 Å². The Morgan fingerprint density at radius 3 is 2.75 bits per heavy atom. The Morgan fingerprint density at radius 2 is 2.08 bits per heavy atom. The van der Waals surface area contributed by atoms with Crippen LogP contribution in [-0.2, 0) is 17.8 Å². The van der Waals surface area contributed by atoms with Gasteiger partial charge in [-0.25, -0.2) is 0 Å². The molecule has 24 heavy (non-hydrogen) atoms. The highest BCUT2D eigenvalue weighted by Crippen LogP contribution is 2.18. The van der Waals surface area contributed by atoms with Crippen LogP contribution in [0.15, 0.2) is 41.8 Å². The van der Waals surface area contributed by atoms with E-state index in [-0.39, 0.29) is 18.5 Å². The van der Waals surface area contributed by atoms with E-state index < -0.39 is 0 Å². The number of nitrogens with one attached hydrogen (secondary N) is 1. The van der Waals surface area contributed by atoms with Gasteiger partial charge in [-0.2, -0.15) is 4.80 Å². The Labute approximate surface area is 144 Å². The maximum atomic E-state index is 12.1. The topological polar surface area (TPSA) is 72.7 Å². The van der Waals surface area contributed by atoms with Gasteiger partial charge in [0.25, 0.3) is 0 Å². The molecule has 0 aliphatic carbocycles. The van der Waals surface area contributed by atoms with Gasteiger partial charge in [0.2, 0.25) is 11.7 Å². The van der Waals surface area contributed by atoms with Crippen molar-refractivity contribution in [1.29, 1.82) is 0 Å². The van der Waals surface area contributed by atoms with Crippen LogP contribution in [-0.4, -0.2) is 26.1 Å². The van der Waals surface area contributed by atoms with Crippen LogP contribution in [0.5, 0.6) is 0 Å². The third-order valence-corrected chi connectivity index (χ3v) is 4.76. The average Bonchev–Trinajstić information content (AvgIpc) is 3.26. The summed E-state index contributed by atoms with van der Waals surface area (Å²) in [5, 5.41) is 17.2. The fourth-order valence-corrected chi connectivity index (χ4v) is 3.07. The molecule has 0 unspecified atom stereocenters. The summed E-state index contributed by atoms with van der Waals surface area (Å²) < 4.78 is 0. The summed E-state index contributed by atoms with van der Waals surface area (Å²) in [6.45, 7) is 4.12. The summed E-state index contributed by atoms with van der Waals surface area (Å²) in [7, 11) is 0. The molecular formula is C17H19N5OS. The van der Waals surface area contributed by atoms with Crippen molar-refractivity contribution in [2.24, 2.45) is 0 Å². The molecule has 0 saturated carbocycles. The minimum atomic E-state index is -0.138. The van der Waals surface area contributed by atoms with Crippen molar-refractivity contribution in [3.8, 4) is 11.4 Å². The zero-order valence-electron chi connectivity index (χ0n) is 13.6. The summed E-state index contributed by atoms with van der Waals surface area (Å²) in [5.41, 5.74) is 2.15. The molecule has 0 aliphatic heterocycles. The number of aryl methyl sites for hydroxylation is 1. The molecular weight excluding hydrogens is 322 g/mol. The Hall–Kier alpha value is -2.54. The van der Waals surface area contributed by atoms with Gasteiger partial charge in [0.1, 0.15) is 6.54 Å². The van der Waals surface area contributed by atoms with E-state index in [4.69, 9.17) is 0 Å². The van der Waals surface area contributed by atoms with E-state index in [1.807, 2.05) is 48.7 Å². The molecule has 7 heteroatoms. The minimum Gasteiger partial charge on any atom is -0.347 e. The quantitative estimate of drug-likeness (QED) is 0.748. The van der Waals surface area contributed by atoms with E-state index in [2.05, 4.69) is 27.7 Å². The lowest BCUT2D eigenvalue weighted by Crippen LogP contribution is -2.30. The van der Waals surface area contributed by atoms with Gasteiger partial charge in [-0.1, -0.05) is 37.3 Å². The second-order valence-electron chi connectivity index (χ2n) is 5.50. The van der Waals surface area contributed by atoms with Crippen molar-refractivity contribution >= 4 is 17.2 Å². The number of rotatable bonds is 6. The van der Waals surface area contributed by atoms with Crippen LogP contribution in [0, 0.1) is 0 Å². The number of nitrogens with zero attached hydrogens (tertiary/aromatic N) is 4. The highest BCUT2D eigenvalue weighted by Gasteiger charge is 2.13. The van der Waals surface area contributed by atoms with Gasteiger partial charge in [0, 0.05) is 10.4 Å². The number of carbonyl (C=O) groups excluding carboxylic acids is 1. The Kier molecular flexibility index (Phi) is 5.00. The van der Waals surface area contributed by atoms with Gasteiger partial charge in [0.15, 0.2) is 0 Å². The fourth-order valence-electron chi connectivity index (χ4n) is 2.34. The van der Waals surface area contributed by atoms with Crippen LogP contribution < -0.4 is 5.32 Å². The Bertz CT molecular complexity index is 795. The monoisotopic (exact) mass is 341 g/mol. The molecule has 0 saturated heterocycles. The van der Waals surface area contributed by atoms with E-state index >= 15 is 0 Å². The normalized spacial score (nSPS) is 12.1. The van der Waals surface area contributed by atoms with Crippen LogP contribution in [0.1, 0.15) is 30.3 Å². The lowest BCUT2D eigenvalue weighted by atomic mass is 10.1. The van der Waals surface area contributed by atoms with Gasteiger partial charge in [-0.05, 0) is 35.6 Å². The SMILES string of the molecule is CCc1ccc(-c2nnn(CC(=O)N[C@H](C)c3cccs3)n2)cc1. The predicted octanol–water partition coefficient (Wildman–Crippen LogP) is 2.84. The predicted molar refractivity (Wildman–Crippen MR) is 93.5 cm³/mol. The maximum Gasteiger partial charge on any atom is 0.244 e. The number of aromatic nitrogens is 4. The van der Waals surface area contributed by atoms with Crippen molar-refractivity contribution in [3.05, 3.63) is 52.2 Å². The first kappa shape index (κ1) is 16.3. The minimum absolute atomic E-state index is 0.0259. The van der Waals surface area contributed by atoms with E-state index in [0.717, 1.165) is 16.9 Å². The molecule has 2 aromatic heterocycles. The van der Waals surface area contributed by atoms with Crippen molar-refractivity contribution in [3.63, 3.8) is 0 Å². The molecule has 3 rings (SSSR count). The number of thiophene rings is 1. The Morgan fingerprint density at radius 1 is 1.29 bits per heavy atom. The Balaban J connectivity index is 1.61. The zero-order valence-corrected chi connectivity index (χ0v) is 14.5.